The van der Waals surface area contributed by atoms with Gasteiger partial charge in [0, 0.05) is 18.0 Å². The van der Waals surface area contributed by atoms with Crippen molar-refractivity contribution < 1.29 is 27.8 Å². The quantitative estimate of drug-likeness (QED) is 0.853. The number of benzene rings is 1. The minimum atomic E-state index is -4.49. The number of carbonyl (C=O) groups is 1. The Hall–Kier alpha value is -1.41. The number of rotatable bonds is 4. The molecular weight excluding hydrogens is 319 g/mol. The Morgan fingerprint density at radius 2 is 2.18 bits per heavy atom. The number of alkyl halides is 3. The summed E-state index contributed by atoms with van der Waals surface area (Å²) in [5.41, 5.74) is -0.769. The smallest absolute Gasteiger partial charge is 0.417 e. The van der Waals surface area contributed by atoms with E-state index in [1.165, 1.54) is 19.2 Å². The lowest BCUT2D eigenvalue weighted by Gasteiger charge is -2.30. The molecule has 8 heteroatoms. The first-order chi connectivity index (χ1) is 10.3. The van der Waals surface area contributed by atoms with E-state index in [-0.39, 0.29) is 17.2 Å². The number of carboxylic acid groups (broad SMARTS) is 1. The number of aliphatic carboxylic acids is 1. The molecule has 1 aromatic carbocycles. The zero-order valence-electron chi connectivity index (χ0n) is 11.9. The Morgan fingerprint density at radius 1 is 1.45 bits per heavy atom. The zero-order chi connectivity index (χ0) is 16.3. The van der Waals surface area contributed by atoms with Crippen molar-refractivity contribution in [2.45, 2.75) is 23.9 Å². The predicted molar refractivity (Wildman–Crippen MR) is 75.8 cm³/mol. The Kier molecular flexibility index (Phi) is 5.23. The van der Waals surface area contributed by atoms with Crippen molar-refractivity contribution in [3.05, 3.63) is 23.8 Å². The Labute approximate surface area is 130 Å². The molecule has 0 saturated carbocycles. The standard InChI is InChI=1S/C14H16F3NO3S/c1-21-10-4-5-12(11(7-10)14(15,16)17)22-18-6-2-3-9(8-18)13(19)20/h4-5,7,9H,2-3,6,8H2,1H3,(H,19,20)/t9-/m1/s1. The molecule has 0 aliphatic carbocycles. The molecule has 1 N–H and O–H groups in total. The molecule has 0 amide bonds. The van der Waals surface area contributed by atoms with Crippen LogP contribution in [0, 0.1) is 5.92 Å². The third-order valence-electron chi connectivity index (χ3n) is 3.45. The van der Waals surface area contributed by atoms with Gasteiger partial charge in [-0.1, -0.05) is 0 Å². The van der Waals surface area contributed by atoms with Crippen molar-refractivity contribution in [2.75, 3.05) is 20.2 Å². The number of hydrogen-bond acceptors (Lipinski definition) is 4. The Morgan fingerprint density at radius 3 is 2.77 bits per heavy atom. The molecule has 1 fully saturated rings. The van der Waals surface area contributed by atoms with Crippen LogP contribution in [0.1, 0.15) is 18.4 Å². The molecule has 0 unspecified atom stereocenters. The molecule has 1 heterocycles. The molecule has 0 aromatic heterocycles. The van der Waals surface area contributed by atoms with E-state index >= 15 is 0 Å². The molecule has 1 saturated heterocycles. The summed E-state index contributed by atoms with van der Waals surface area (Å²) in [6, 6.07) is 3.79. The van der Waals surface area contributed by atoms with Crippen LogP contribution in [0.4, 0.5) is 13.2 Å². The van der Waals surface area contributed by atoms with Gasteiger partial charge >= 0.3 is 12.1 Å². The van der Waals surface area contributed by atoms with Gasteiger partial charge in [-0.15, -0.1) is 0 Å². The van der Waals surface area contributed by atoms with Crippen LogP contribution in [-0.2, 0) is 11.0 Å². The fourth-order valence-electron chi connectivity index (χ4n) is 2.30. The number of nitrogens with zero attached hydrogens (tertiary/aromatic N) is 1. The van der Waals surface area contributed by atoms with E-state index in [0.29, 0.717) is 19.4 Å². The fraction of sp³-hybridized carbons (Fsp3) is 0.500. The maximum Gasteiger partial charge on any atom is 0.417 e. The second-order valence-electron chi connectivity index (χ2n) is 5.02. The van der Waals surface area contributed by atoms with Crippen molar-refractivity contribution in [3.63, 3.8) is 0 Å². The normalized spacial score (nSPS) is 19.9. The highest BCUT2D eigenvalue weighted by molar-refractivity contribution is 7.97. The van der Waals surface area contributed by atoms with Crippen LogP contribution < -0.4 is 4.74 Å². The Bertz CT molecular complexity index is 551. The van der Waals surface area contributed by atoms with Gasteiger partial charge in [-0.25, -0.2) is 4.31 Å². The lowest BCUT2D eigenvalue weighted by molar-refractivity contribution is -0.143. The van der Waals surface area contributed by atoms with Gasteiger partial charge in [0.15, 0.2) is 0 Å². The molecule has 1 aromatic rings. The van der Waals surface area contributed by atoms with Gasteiger partial charge < -0.3 is 9.84 Å². The first kappa shape index (κ1) is 17.0. The van der Waals surface area contributed by atoms with Gasteiger partial charge in [0.05, 0.1) is 18.6 Å². The highest BCUT2D eigenvalue weighted by atomic mass is 32.2. The fourth-order valence-corrected chi connectivity index (χ4v) is 3.46. The van der Waals surface area contributed by atoms with Crippen molar-refractivity contribution in [1.82, 2.24) is 4.31 Å². The van der Waals surface area contributed by atoms with E-state index < -0.39 is 23.6 Å². The van der Waals surface area contributed by atoms with Crippen LogP contribution in [0.25, 0.3) is 0 Å². The van der Waals surface area contributed by atoms with Crippen molar-refractivity contribution in [1.29, 1.82) is 0 Å². The number of carboxylic acids is 1. The SMILES string of the molecule is COc1ccc(SN2CCC[C@@H](C(=O)O)C2)c(C(F)(F)F)c1. The molecule has 2 rings (SSSR count). The van der Waals surface area contributed by atoms with Crippen LogP contribution in [0.15, 0.2) is 23.1 Å². The number of methoxy groups -OCH3 is 1. The van der Waals surface area contributed by atoms with Crippen molar-refractivity contribution in [3.8, 4) is 5.75 Å². The van der Waals surface area contributed by atoms with Crippen LogP contribution >= 0.6 is 11.9 Å². The van der Waals surface area contributed by atoms with E-state index in [1.54, 1.807) is 4.31 Å². The monoisotopic (exact) mass is 335 g/mol. The van der Waals surface area contributed by atoms with E-state index in [4.69, 9.17) is 9.84 Å². The summed E-state index contributed by atoms with van der Waals surface area (Å²) in [6.45, 7) is 0.807. The number of piperidine rings is 1. The molecule has 0 bridgehead atoms. The summed E-state index contributed by atoms with van der Waals surface area (Å²) in [5, 5.41) is 9.04. The summed E-state index contributed by atoms with van der Waals surface area (Å²) >= 11 is 0.953. The van der Waals surface area contributed by atoms with E-state index in [2.05, 4.69) is 0 Å². The molecule has 4 nitrogen and oxygen atoms in total. The molecule has 1 aliphatic rings. The van der Waals surface area contributed by atoms with Gasteiger partial charge in [-0.3, -0.25) is 4.79 Å². The van der Waals surface area contributed by atoms with Gasteiger partial charge in [-0.2, -0.15) is 13.2 Å². The van der Waals surface area contributed by atoms with Crippen molar-refractivity contribution >= 4 is 17.9 Å². The molecule has 0 spiro atoms. The first-order valence-electron chi connectivity index (χ1n) is 6.72. The summed E-state index contributed by atoms with van der Waals surface area (Å²) in [6.07, 6.45) is -3.28. The number of ether oxygens (including phenoxy) is 1. The Balaban J connectivity index is 2.20. The third-order valence-corrected chi connectivity index (χ3v) is 4.60. The second kappa shape index (κ2) is 6.78. The topological polar surface area (TPSA) is 49.8 Å². The molecule has 122 valence electrons. The first-order valence-corrected chi connectivity index (χ1v) is 7.49. The van der Waals surface area contributed by atoms with E-state index in [9.17, 15) is 18.0 Å². The maximum absolute atomic E-state index is 13.1. The van der Waals surface area contributed by atoms with Crippen molar-refractivity contribution in [2.24, 2.45) is 5.92 Å². The van der Waals surface area contributed by atoms with Crippen LogP contribution in [0.3, 0.4) is 0 Å². The minimum Gasteiger partial charge on any atom is -0.497 e. The van der Waals surface area contributed by atoms with Gasteiger partial charge in [0.2, 0.25) is 0 Å². The van der Waals surface area contributed by atoms with E-state index in [0.717, 1.165) is 18.0 Å². The van der Waals surface area contributed by atoms with E-state index in [1.807, 2.05) is 0 Å². The van der Waals surface area contributed by atoms with Gasteiger partial charge in [0.1, 0.15) is 5.75 Å². The van der Waals surface area contributed by atoms with Crippen LogP contribution in [0.5, 0.6) is 5.75 Å². The molecular formula is C14H16F3NO3S. The number of halogens is 3. The van der Waals surface area contributed by atoms with Crippen LogP contribution in [0.2, 0.25) is 0 Å². The van der Waals surface area contributed by atoms with Crippen LogP contribution in [-0.4, -0.2) is 35.6 Å². The molecule has 1 aliphatic heterocycles. The third kappa shape index (κ3) is 4.07. The van der Waals surface area contributed by atoms with Gasteiger partial charge in [-0.05, 0) is 43.0 Å². The summed E-state index contributed by atoms with van der Waals surface area (Å²) < 4.78 is 45.9. The highest BCUT2D eigenvalue weighted by Gasteiger charge is 2.35. The molecule has 1 atom stereocenters. The minimum absolute atomic E-state index is 0.0549. The summed E-state index contributed by atoms with van der Waals surface area (Å²) in [7, 11) is 1.31. The number of hydrogen-bond donors (Lipinski definition) is 1. The largest absolute Gasteiger partial charge is 0.497 e. The lowest BCUT2D eigenvalue weighted by atomic mass is 10.0. The molecule has 22 heavy (non-hydrogen) atoms. The lowest BCUT2D eigenvalue weighted by Crippen LogP contribution is -2.34. The molecule has 0 radical (unpaired) electrons. The predicted octanol–water partition coefficient (Wildman–Crippen LogP) is 3.52. The second-order valence-corrected chi connectivity index (χ2v) is 6.16. The maximum atomic E-state index is 13.1. The average Bonchev–Trinajstić information content (AvgIpc) is 2.47. The highest BCUT2D eigenvalue weighted by Crippen LogP contribution is 2.40. The summed E-state index contributed by atoms with van der Waals surface area (Å²) in [5.74, 6) is -1.30. The average molecular weight is 335 g/mol. The van der Waals surface area contributed by atoms with Gasteiger partial charge in [0.25, 0.3) is 0 Å². The zero-order valence-corrected chi connectivity index (χ0v) is 12.7. The summed E-state index contributed by atoms with van der Waals surface area (Å²) in [4.78, 5) is 11.1.